The summed E-state index contributed by atoms with van der Waals surface area (Å²) in [7, 11) is 0. The summed E-state index contributed by atoms with van der Waals surface area (Å²) in [5.74, 6) is 5.69. The molecule has 4 aliphatic rings. The van der Waals surface area contributed by atoms with Crippen molar-refractivity contribution in [3.63, 3.8) is 0 Å². The lowest BCUT2D eigenvalue weighted by atomic mass is 9.50. The molecule has 0 aromatic heterocycles. The molecule has 0 heterocycles. The minimum absolute atomic E-state index is 0.0953. The second-order valence-electron chi connectivity index (χ2n) is 11.3. The molecule has 176 valence electrons. The Morgan fingerprint density at radius 3 is 2.62 bits per heavy atom. The van der Waals surface area contributed by atoms with Crippen LogP contribution in [-0.2, 0) is 14.3 Å². The lowest BCUT2D eigenvalue weighted by molar-refractivity contribution is -0.170. The van der Waals surface area contributed by atoms with Crippen LogP contribution in [0.3, 0.4) is 0 Å². The molecule has 0 aromatic rings. The highest BCUT2D eigenvalue weighted by atomic mass is 16.6. The number of carbonyl (C=O) groups is 2. The number of fused-ring (bicyclic) bond motifs is 5. The normalized spacial score (nSPS) is 38.2. The Labute approximate surface area is 195 Å². The van der Waals surface area contributed by atoms with Gasteiger partial charge in [-0.1, -0.05) is 57.4 Å². The van der Waals surface area contributed by atoms with Gasteiger partial charge in [0.05, 0.1) is 0 Å². The van der Waals surface area contributed by atoms with Gasteiger partial charge >= 0.3 is 5.97 Å². The number of hydrogen-bond acceptors (Lipinski definition) is 3. The number of hydrogen-bond donors (Lipinski definition) is 0. The Bertz CT molecular complexity index is 789. The van der Waals surface area contributed by atoms with E-state index in [4.69, 9.17) is 11.2 Å². The first-order valence-electron chi connectivity index (χ1n) is 13.4. The van der Waals surface area contributed by atoms with Crippen LogP contribution in [0.4, 0.5) is 0 Å². The van der Waals surface area contributed by atoms with Crippen LogP contribution in [0.2, 0.25) is 0 Å². The van der Waals surface area contributed by atoms with E-state index in [1.165, 1.54) is 31.3 Å². The number of ketones is 1. The van der Waals surface area contributed by atoms with Crippen LogP contribution in [-0.4, -0.2) is 17.4 Å². The average Bonchev–Trinajstić information content (AvgIpc) is 3.08. The summed E-state index contributed by atoms with van der Waals surface area (Å²) in [5, 5.41) is 0. The molecule has 0 bridgehead atoms. The molecule has 0 aromatic carbocycles. The fraction of sp³-hybridized carbons (Fsp3) is 0.793. The SMILES string of the molecule is C#C[C@]1(OC(=O)CCCCCCCC)CC[C@H]2[C@@H]3CCC4=CC(=O)CC[C@@H]4[C@H]3CC[C@@]21C. The van der Waals surface area contributed by atoms with Crippen LogP contribution >= 0.6 is 0 Å². The smallest absolute Gasteiger partial charge is 0.307 e. The molecule has 3 saturated carbocycles. The van der Waals surface area contributed by atoms with Gasteiger partial charge in [-0.15, -0.1) is 6.42 Å². The van der Waals surface area contributed by atoms with Crippen molar-refractivity contribution >= 4 is 11.8 Å². The van der Waals surface area contributed by atoms with Crippen molar-refractivity contribution in [2.24, 2.45) is 29.1 Å². The van der Waals surface area contributed by atoms with Gasteiger partial charge in [0.2, 0.25) is 0 Å². The largest absolute Gasteiger partial charge is 0.445 e. The zero-order chi connectivity index (χ0) is 22.8. The first-order valence-corrected chi connectivity index (χ1v) is 13.4. The zero-order valence-corrected chi connectivity index (χ0v) is 20.3. The fourth-order valence-electron chi connectivity index (χ4n) is 7.91. The second-order valence-corrected chi connectivity index (χ2v) is 11.3. The number of unbranched alkanes of at least 4 members (excludes halogenated alkanes) is 5. The zero-order valence-electron chi connectivity index (χ0n) is 20.3. The highest BCUT2D eigenvalue weighted by Gasteiger charge is 2.64. The molecule has 3 fully saturated rings. The van der Waals surface area contributed by atoms with Crippen molar-refractivity contribution in [2.45, 2.75) is 116 Å². The van der Waals surface area contributed by atoms with Gasteiger partial charge in [-0.3, -0.25) is 9.59 Å². The second kappa shape index (κ2) is 9.74. The van der Waals surface area contributed by atoms with Gasteiger partial charge in [-0.05, 0) is 81.1 Å². The third kappa shape index (κ3) is 4.20. The predicted octanol–water partition coefficient (Wildman–Crippen LogP) is 6.79. The molecule has 0 aliphatic heterocycles. The lowest BCUT2D eigenvalue weighted by Crippen LogP contribution is -2.53. The number of terminal acetylenes is 1. The highest BCUT2D eigenvalue weighted by Crippen LogP contribution is 2.65. The summed E-state index contributed by atoms with van der Waals surface area (Å²) in [6.07, 6.45) is 23.6. The Morgan fingerprint density at radius 2 is 1.84 bits per heavy atom. The molecule has 4 rings (SSSR count). The van der Waals surface area contributed by atoms with Crippen LogP contribution in [0.5, 0.6) is 0 Å². The van der Waals surface area contributed by atoms with Gasteiger partial charge in [0, 0.05) is 18.3 Å². The monoisotopic (exact) mass is 438 g/mol. The van der Waals surface area contributed by atoms with Crippen molar-refractivity contribution in [3.8, 4) is 12.3 Å². The first kappa shape index (κ1) is 23.6. The molecular weight excluding hydrogens is 396 g/mol. The number of ether oxygens (including phenoxy) is 1. The molecule has 0 unspecified atom stereocenters. The van der Waals surface area contributed by atoms with Crippen molar-refractivity contribution in [1.82, 2.24) is 0 Å². The molecule has 0 spiro atoms. The topological polar surface area (TPSA) is 43.4 Å². The Kier molecular flexibility index (Phi) is 7.18. The third-order valence-corrected chi connectivity index (χ3v) is 9.68. The quantitative estimate of drug-likeness (QED) is 0.238. The molecule has 3 nitrogen and oxygen atoms in total. The van der Waals surface area contributed by atoms with Crippen LogP contribution in [0.1, 0.15) is 110 Å². The van der Waals surface area contributed by atoms with Crippen molar-refractivity contribution in [3.05, 3.63) is 11.6 Å². The van der Waals surface area contributed by atoms with E-state index in [-0.39, 0.29) is 11.4 Å². The molecule has 0 amide bonds. The minimum Gasteiger partial charge on any atom is -0.445 e. The summed E-state index contributed by atoms with van der Waals surface area (Å²) in [5.41, 5.74) is 0.559. The number of allylic oxidation sites excluding steroid dienone is 1. The maximum absolute atomic E-state index is 12.8. The van der Waals surface area contributed by atoms with E-state index < -0.39 is 5.60 Å². The van der Waals surface area contributed by atoms with E-state index in [1.54, 1.807) is 0 Å². The number of carbonyl (C=O) groups excluding carboxylic acids is 2. The van der Waals surface area contributed by atoms with Gasteiger partial charge in [-0.25, -0.2) is 0 Å². The average molecular weight is 439 g/mol. The van der Waals surface area contributed by atoms with E-state index in [0.717, 1.165) is 57.8 Å². The van der Waals surface area contributed by atoms with E-state index in [1.807, 2.05) is 6.08 Å². The van der Waals surface area contributed by atoms with E-state index in [0.29, 0.717) is 42.3 Å². The van der Waals surface area contributed by atoms with Crippen LogP contribution in [0.15, 0.2) is 11.6 Å². The molecule has 3 heteroatoms. The summed E-state index contributed by atoms with van der Waals surface area (Å²) in [6.45, 7) is 4.53. The summed E-state index contributed by atoms with van der Waals surface area (Å²) < 4.78 is 6.22. The Balaban J connectivity index is 1.41. The summed E-state index contributed by atoms with van der Waals surface area (Å²) in [4.78, 5) is 24.7. The Morgan fingerprint density at radius 1 is 1.06 bits per heavy atom. The van der Waals surface area contributed by atoms with E-state index in [2.05, 4.69) is 19.8 Å². The molecule has 0 saturated heterocycles. The van der Waals surface area contributed by atoms with Gasteiger partial charge in [0.25, 0.3) is 0 Å². The number of esters is 1. The maximum Gasteiger partial charge on any atom is 0.307 e. The van der Waals surface area contributed by atoms with Crippen LogP contribution in [0.25, 0.3) is 0 Å². The van der Waals surface area contributed by atoms with Crippen molar-refractivity contribution in [2.75, 3.05) is 0 Å². The summed E-state index contributed by atoms with van der Waals surface area (Å²) >= 11 is 0. The van der Waals surface area contributed by atoms with Crippen molar-refractivity contribution < 1.29 is 14.3 Å². The van der Waals surface area contributed by atoms with Gasteiger partial charge < -0.3 is 4.74 Å². The molecule has 6 atom stereocenters. The standard InChI is InChI=1S/C29H42O3/c1-4-6-7-8-9-10-11-27(31)32-29(5-2)19-17-26-25-14-12-21-20-22(30)13-15-23(21)24(25)16-18-28(26,29)3/h2,20,23-26H,4,6-19H2,1,3H3/t23-,24+,25+,26-,28-,29-/m0/s1. The third-order valence-electron chi connectivity index (χ3n) is 9.68. The maximum atomic E-state index is 12.8. The minimum atomic E-state index is -0.736. The Hall–Kier alpha value is -1.56. The van der Waals surface area contributed by atoms with Gasteiger partial charge in [-0.2, -0.15) is 0 Å². The first-order chi connectivity index (χ1) is 15.4. The van der Waals surface area contributed by atoms with Gasteiger partial charge in [0.1, 0.15) is 0 Å². The van der Waals surface area contributed by atoms with Crippen molar-refractivity contribution in [1.29, 1.82) is 0 Å². The molecule has 32 heavy (non-hydrogen) atoms. The molecule has 0 N–H and O–H groups in total. The lowest BCUT2D eigenvalue weighted by Gasteiger charge is -2.55. The molecule has 0 radical (unpaired) electrons. The molecular formula is C29H42O3. The van der Waals surface area contributed by atoms with Gasteiger partial charge in [0.15, 0.2) is 11.4 Å². The van der Waals surface area contributed by atoms with E-state index in [9.17, 15) is 9.59 Å². The van der Waals surface area contributed by atoms with Crippen LogP contribution in [0, 0.1) is 41.4 Å². The highest BCUT2D eigenvalue weighted by molar-refractivity contribution is 5.91. The van der Waals surface area contributed by atoms with Crippen LogP contribution < -0.4 is 0 Å². The molecule has 4 aliphatic carbocycles. The summed E-state index contributed by atoms with van der Waals surface area (Å²) in [6, 6.07) is 0. The van der Waals surface area contributed by atoms with E-state index >= 15 is 0 Å². The number of rotatable bonds is 8. The fourth-order valence-corrected chi connectivity index (χ4v) is 7.91. The predicted molar refractivity (Wildman–Crippen MR) is 128 cm³/mol.